The van der Waals surface area contributed by atoms with E-state index in [0.29, 0.717) is 5.78 Å². The number of carbonyl (C=O) groups excluding carboxylic acids is 1. The van der Waals surface area contributed by atoms with Gasteiger partial charge in [0, 0.05) is 31.5 Å². The summed E-state index contributed by atoms with van der Waals surface area (Å²) in [7, 11) is 0. The predicted molar refractivity (Wildman–Crippen MR) is 65.9 cm³/mol. The molecule has 2 saturated carbocycles. The summed E-state index contributed by atoms with van der Waals surface area (Å²) in [6.07, 6.45) is 8.90. The second kappa shape index (κ2) is 4.69. The van der Waals surface area contributed by atoms with Gasteiger partial charge in [-0.2, -0.15) is 0 Å². The van der Waals surface area contributed by atoms with E-state index in [9.17, 15) is 4.79 Å². The Kier molecular flexibility index (Phi) is 3.22. The Morgan fingerprint density at radius 3 is 2.76 bits per heavy atom. The molecular formula is C14H23NO2. The highest BCUT2D eigenvalue weighted by Gasteiger charge is 2.43. The molecule has 0 bridgehead atoms. The molecule has 1 aliphatic heterocycles. The van der Waals surface area contributed by atoms with Crippen molar-refractivity contribution >= 4 is 5.78 Å². The third-order valence-corrected chi connectivity index (χ3v) is 4.59. The van der Waals surface area contributed by atoms with E-state index < -0.39 is 0 Å². The summed E-state index contributed by atoms with van der Waals surface area (Å²) in [5.41, 5.74) is 0.114. The molecule has 3 nitrogen and oxygen atoms in total. The van der Waals surface area contributed by atoms with Crippen molar-refractivity contribution in [3.8, 4) is 0 Å². The minimum Gasteiger partial charge on any atom is -0.375 e. The molecule has 1 heterocycles. The number of ketones is 1. The van der Waals surface area contributed by atoms with Gasteiger partial charge in [-0.1, -0.05) is 0 Å². The van der Waals surface area contributed by atoms with Gasteiger partial charge in [0.2, 0.25) is 0 Å². The maximum absolute atomic E-state index is 12.1. The Labute approximate surface area is 103 Å². The number of Topliss-reactive ketones (excluding diaryl/α,β-unsaturated/α-hetero) is 1. The van der Waals surface area contributed by atoms with E-state index in [0.717, 1.165) is 38.5 Å². The van der Waals surface area contributed by atoms with Crippen LogP contribution in [0.15, 0.2) is 0 Å². The van der Waals surface area contributed by atoms with Crippen LogP contribution < -0.4 is 5.32 Å². The van der Waals surface area contributed by atoms with Crippen molar-refractivity contribution < 1.29 is 9.53 Å². The smallest absolute Gasteiger partial charge is 0.137 e. The van der Waals surface area contributed by atoms with Crippen molar-refractivity contribution in [3.63, 3.8) is 0 Å². The molecule has 3 heteroatoms. The SMILES string of the molecule is O=C(CCNC1CC1)C1CCOC2(CCC2)C1. The quantitative estimate of drug-likeness (QED) is 0.795. The minimum absolute atomic E-state index is 0.114. The van der Waals surface area contributed by atoms with E-state index in [4.69, 9.17) is 4.74 Å². The normalized spacial score (nSPS) is 31.2. The Balaban J connectivity index is 1.43. The molecule has 1 spiro atoms. The number of ether oxygens (including phenoxy) is 1. The molecule has 1 N–H and O–H groups in total. The van der Waals surface area contributed by atoms with E-state index >= 15 is 0 Å². The van der Waals surface area contributed by atoms with Crippen LogP contribution in [0.25, 0.3) is 0 Å². The van der Waals surface area contributed by atoms with Gasteiger partial charge in [0.05, 0.1) is 5.60 Å². The number of nitrogens with one attached hydrogen (secondary N) is 1. The van der Waals surface area contributed by atoms with E-state index in [2.05, 4.69) is 5.32 Å². The fourth-order valence-electron chi connectivity index (χ4n) is 3.11. The van der Waals surface area contributed by atoms with Crippen molar-refractivity contribution in [2.24, 2.45) is 5.92 Å². The molecule has 17 heavy (non-hydrogen) atoms. The lowest BCUT2D eigenvalue weighted by molar-refractivity contribution is -0.155. The summed E-state index contributed by atoms with van der Waals surface area (Å²) in [6.45, 7) is 1.68. The molecule has 0 amide bonds. The van der Waals surface area contributed by atoms with Crippen LogP contribution in [0.1, 0.15) is 51.4 Å². The van der Waals surface area contributed by atoms with E-state index in [1.165, 1.54) is 32.1 Å². The molecule has 0 aromatic rings. The lowest BCUT2D eigenvalue weighted by Crippen LogP contribution is -2.47. The Hall–Kier alpha value is -0.410. The lowest BCUT2D eigenvalue weighted by atomic mass is 9.71. The molecular weight excluding hydrogens is 214 g/mol. The first-order chi connectivity index (χ1) is 8.27. The number of hydrogen-bond donors (Lipinski definition) is 1. The summed E-state index contributed by atoms with van der Waals surface area (Å²) in [4.78, 5) is 12.1. The van der Waals surface area contributed by atoms with Crippen molar-refractivity contribution in [2.75, 3.05) is 13.2 Å². The van der Waals surface area contributed by atoms with Crippen molar-refractivity contribution in [1.82, 2.24) is 5.32 Å². The van der Waals surface area contributed by atoms with E-state index in [-0.39, 0.29) is 11.5 Å². The molecule has 96 valence electrons. The van der Waals surface area contributed by atoms with Crippen LogP contribution in [0, 0.1) is 5.92 Å². The van der Waals surface area contributed by atoms with E-state index in [1.807, 2.05) is 0 Å². The summed E-state index contributed by atoms with van der Waals surface area (Å²) >= 11 is 0. The third kappa shape index (κ3) is 2.71. The largest absolute Gasteiger partial charge is 0.375 e. The zero-order valence-corrected chi connectivity index (χ0v) is 10.5. The minimum atomic E-state index is 0.114. The third-order valence-electron chi connectivity index (χ3n) is 4.59. The van der Waals surface area contributed by atoms with Gasteiger partial charge in [-0.25, -0.2) is 0 Å². The average molecular weight is 237 g/mol. The van der Waals surface area contributed by atoms with Crippen molar-refractivity contribution in [3.05, 3.63) is 0 Å². The molecule has 0 aromatic carbocycles. The highest BCUT2D eigenvalue weighted by Crippen LogP contribution is 2.44. The highest BCUT2D eigenvalue weighted by atomic mass is 16.5. The number of carbonyl (C=O) groups is 1. The van der Waals surface area contributed by atoms with Crippen LogP contribution in [0.5, 0.6) is 0 Å². The van der Waals surface area contributed by atoms with Gasteiger partial charge in [0.1, 0.15) is 5.78 Å². The molecule has 3 aliphatic rings. The highest BCUT2D eigenvalue weighted by molar-refractivity contribution is 5.81. The van der Waals surface area contributed by atoms with E-state index in [1.54, 1.807) is 0 Å². The van der Waals surface area contributed by atoms with Crippen LogP contribution in [0.3, 0.4) is 0 Å². The second-order valence-electron chi connectivity index (χ2n) is 6.02. The molecule has 3 fully saturated rings. The molecule has 2 aliphatic carbocycles. The average Bonchev–Trinajstić information content (AvgIpc) is 3.11. The molecule has 0 radical (unpaired) electrons. The first-order valence-electron chi connectivity index (χ1n) is 7.18. The summed E-state index contributed by atoms with van der Waals surface area (Å²) in [5, 5.41) is 3.42. The van der Waals surface area contributed by atoms with Gasteiger partial charge in [-0.15, -0.1) is 0 Å². The monoisotopic (exact) mass is 237 g/mol. The topological polar surface area (TPSA) is 38.3 Å². The van der Waals surface area contributed by atoms with Crippen LogP contribution in [0.4, 0.5) is 0 Å². The predicted octanol–water partition coefficient (Wildman–Crippen LogP) is 2.05. The van der Waals surface area contributed by atoms with Gasteiger partial charge in [-0.05, 0) is 44.9 Å². The fraction of sp³-hybridized carbons (Fsp3) is 0.929. The summed E-state index contributed by atoms with van der Waals surface area (Å²) in [5.74, 6) is 0.748. The van der Waals surface area contributed by atoms with Gasteiger partial charge >= 0.3 is 0 Å². The maximum atomic E-state index is 12.1. The first kappa shape index (κ1) is 11.7. The van der Waals surface area contributed by atoms with Gasteiger partial charge < -0.3 is 10.1 Å². The number of hydrogen-bond acceptors (Lipinski definition) is 3. The summed E-state index contributed by atoms with van der Waals surface area (Å²) in [6, 6.07) is 0.718. The van der Waals surface area contributed by atoms with Crippen molar-refractivity contribution in [2.45, 2.75) is 63.0 Å². The van der Waals surface area contributed by atoms with Crippen LogP contribution in [-0.4, -0.2) is 30.6 Å². The molecule has 1 saturated heterocycles. The maximum Gasteiger partial charge on any atom is 0.137 e. The second-order valence-corrected chi connectivity index (χ2v) is 6.02. The number of rotatable bonds is 5. The summed E-state index contributed by atoms with van der Waals surface area (Å²) < 4.78 is 5.87. The van der Waals surface area contributed by atoms with Gasteiger partial charge in [-0.3, -0.25) is 4.79 Å². The van der Waals surface area contributed by atoms with Gasteiger partial charge in [0.25, 0.3) is 0 Å². The standard InChI is InChI=1S/C14H23NO2/c16-13(4-8-15-12-2-3-12)11-5-9-17-14(10-11)6-1-7-14/h11-12,15H,1-10H2. The van der Waals surface area contributed by atoms with Crippen LogP contribution >= 0.6 is 0 Å². The molecule has 0 aromatic heterocycles. The zero-order chi connectivity index (χ0) is 11.7. The Bertz CT molecular complexity index is 295. The Morgan fingerprint density at radius 1 is 1.29 bits per heavy atom. The zero-order valence-electron chi connectivity index (χ0n) is 10.5. The van der Waals surface area contributed by atoms with Crippen LogP contribution in [-0.2, 0) is 9.53 Å². The van der Waals surface area contributed by atoms with Crippen molar-refractivity contribution in [1.29, 1.82) is 0 Å². The molecule has 3 rings (SSSR count). The Morgan fingerprint density at radius 2 is 2.12 bits per heavy atom. The fourth-order valence-corrected chi connectivity index (χ4v) is 3.11. The van der Waals surface area contributed by atoms with Gasteiger partial charge in [0.15, 0.2) is 0 Å². The first-order valence-corrected chi connectivity index (χ1v) is 7.18. The van der Waals surface area contributed by atoms with Crippen LogP contribution in [0.2, 0.25) is 0 Å². The molecule has 1 unspecified atom stereocenters. The molecule has 1 atom stereocenters. The lowest BCUT2D eigenvalue weighted by Gasteiger charge is -2.46.